The van der Waals surface area contributed by atoms with Crippen molar-refractivity contribution in [2.75, 3.05) is 6.54 Å². The lowest BCUT2D eigenvalue weighted by Gasteiger charge is -2.06. The van der Waals surface area contributed by atoms with Gasteiger partial charge < -0.3 is 15.6 Å². The van der Waals surface area contributed by atoms with Crippen LogP contribution < -0.4 is 5.73 Å². The molecule has 0 aromatic heterocycles. The van der Waals surface area contributed by atoms with Gasteiger partial charge in [0, 0.05) is 6.54 Å². The number of ether oxygens (including phenoxy) is 1. The van der Waals surface area contributed by atoms with Crippen LogP contribution in [0.5, 0.6) is 0 Å². The fourth-order valence-corrected chi connectivity index (χ4v) is 1.06. The average Bonchev–Trinajstić information content (AvgIpc) is 2.34. The molecule has 3 N–H and O–H groups in total. The molecule has 10 heavy (non-hydrogen) atoms. The van der Waals surface area contributed by atoms with Gasteiger partial charge in [-0.1, -0.05) is 0 Å². The van der Waals surface area contributed by atoms with Crippen LogP contribution in [0, 0.1) is 0 Å². The van der Waals surface area contributed by atoms with E-state index in [-0.39, 0.29) is 6.10 Å². The van der Waals surface area contributed by atoms with Crippen molar-refractivity contribution in [3.8, 4) is 0 Å². The number of nitrogens with two attached hydrogens (primary N) is 1. The summed E-state index contributed by atoms with van der Waals surface area (Å²) in [6, 6.07) is 0. The molecule has 1 aliphatic rings. The normalized spacial score (nSPS) is 32.5. The molecule has 1 aliphatic heterocycles. The molecule has 0 spiro atoms. The average molecular weight is 145 g/mol. The maximum atomic E-state index is 10.3. The Kier molecular flexibility index (Phi) is 2.24. The number of aliphatic carboxylic acids is 1. The fraction of sp³-hybridized carbons (Fsp3) is 0.833. The molecule has 0 aromatic rings. The standard InChI is InChI=1S/C6H11NO3/c7-3-4-1-2-5(10-4)6(8)9/h4-5H,1-3,7H2,(H,8,9)/t4-,5+/m0/s1. The molecule has 0 unspecified atom stereocenters. The second kappa shape index (κ2) is 2.98. The van der Waals surface area contributed by atoms with Crippen LogP contribution in [0.3, 0.4) is 0 Å². The van der Waals surface area contributed by atoms with Crippen LogP contribution in [0.2, 0.25) is 0 Å². The zero-order valence-corrected chi connectivity index (χ0v) is 5.62. The van der Waals surface area contributed by atoms with E-state index in [1.807, 2.05) is 0 Å². The Hall–Kier alpha value is -0.610. The Morgan fingerprint density at radius 1 is 1.70 bits per heavy atom. The van der Waals surface area contributed by atoms with Crippen LogP contribution in [-0.4, -0.2) is 29.8 Å². The summed E-state index contributed by atoms with van der Waals surface area (Å²) in [5.41, 5.74) is 5.28. The lowest BCUT2D eigenvalue weighted by atomic mass is 10.2. The minimum Gasteiger partial charge on any atom is -0.479 e. The zero-order chi connectivity index (χ0) is 7.56. The van der Waals surface area contributed by atoms with Crippen LogP contribution in [0.1, 0.15) is 12.8 Å². The van der Waals surface area contributed by atoms with Crippen molar-refractivity contribution >= 4 is 5.97 Å². The topological polar surface area (TPSA) is 72.6 Å². The van der Waals surface area contributed by atoms with E-state index < -0.39 is 12.1 Å². The summed E-state index contributed by atoms with van der Waals surface area (Å²) in [4.78, 5) is 10.3. The molecule has 1 heterocycles. The van der Waals surface area contributed by atoms with Crippen molar-refractivity contribution < 1.29 is 14.6 Å². The maximum Gasteiger partial charge on any atom is 0.332 e. The number of carboxylic acid groups (broad SMARTS) is 1. The van der Waals surface area contributed by atoms with E-state index >= 15 is 0 Å². The first-order valence-electron chi connectivity index (χ1n) is 3.32. The van der Waals surface area contributed by atoms with E-state index in [0.717, 1.165) is 6.42 Å². The summed E-state index contributed by atoms with van der Waals surface area (Å²) in [7, 11) is 0. The van der Waals surface area contributed by atoms with E-state index in [0.29, 0.717) is 13.0 Å². The van der Waals surface area contributed by atoms with Crippen molar-refractivity contribution in [1.82, 2.24) is 0 Å². The molecule has 0 saturated carbocycles. The summed E-state index contributed by atoms with van der Waals surface area (Å²) in [6.45, 7) is 0.420. The van der Waals surface area contributed by atoms with Crippen LogP contribution in [-0.2, 0) is 9.53 Å². The SMILES string of the molecule is NC[C@@H]1CC[C@H](C(=O)O)O1. The van der Waals surface area contributed by atoms with Gasteiger partial charge in [0.1, 0.15) is 0 Å². The van der Waals surface area contributed by atoms with Gasteiger partial charge in [0.05, 0.1) is 6.10 Å². The van der Waals surface area contributed by atoms with Gasteiger partial charge >= 0.3 is 5.97 Å². The monoisotopic (exact) mass is 145 g/mol. The first-order chi connectivity index (χ1) is 4.74. The van der Waals surface area contributed by atoms with Crippen LogP contribution >= 0.6 is 0 Å². The Morgan fingerprint density at radius 3 is 2.70 bits per heavy atom. The van der Waals surface area contributed by atoms with E-state index in [1.54, 1.807) is 0 Å². The fourth-order valence-electron chi connectivity index (χ4n) is 1.06. The van der Waals surface area contributed by atoms with Gasteiger partial charge in [-0.2, -0.15) is 0 Å². The first kappa shape index (κ1) is 7.50. The molecule has 0 aliphatic carbocycles. The Balaban J connectivity index is 2.35. The van der Waals surface area contributed by atoms with Gasteiger partial charge in [-0.05, 0) is 12.8 Å². The Bertz CT molecular complexity index is 137. The van der Waals surface area contributed by atoms with Gasteiger partial charge in [0.25, 0.3) is 0 Å². The van der Waals surface area contributed by atoms with Crippen molar-refractivity contribution in [1.29, 1.82) is 0 Å². The third kappa shape index (κ3) is 1.46. The lowest BCUT2D eigenvalue weighted by Crippen LogP contribution is -2.24. The Morgan fingerprint density at radius 2 is 2.40 bits per heavy atom. The lowest BCUT2D eigenvalue weighted by molar-refractivity contribution is -0.149. The molecule has 4 heteroatoms. The number of carbonyl (C=O) groups is 1. The summed E-state index contributed by atoms with van der Waals surface area (Å²) in [5, 5.41) is 8.46. The number of hydrogen-bond acceptors (Lipinski definition) is 3. The summed E-state index contributed by atoms with van der Waals surface area (Å²) >= 11 is 0. The highest BCUT2D eigenvalue weighted by Gasteiger charge is 2.29. The zero-order valence-electron chi connectivity index (χ0n) is 5.62. The van der Waals surface area contributed by atoms with Gasteiger partial charge in [0.15, 0.2) is 6.10 Å². The molecule has 1 rings (SSSR count). The molecular formula is C6H11NO3. The molecule has 0 aromatic carbocycles. The van der Waals surface area contributed by atoms with Crippen LogP contribution in [0.15, 0.2) is 0 Å². The van der Waals surface area contributed by atoms with Gasteiger partial charge in [0.2, 0.25) is 0 Å². The highest BCUT2D eigenvalue weighted by molar-refractivity contribution is 5.72. The molecule has 1 fully saturated rings. The Labute approximate surface area is 59.0 Å². The molecule has 1 saturated heterocycles. The maximum absolute atomic E-state index is 10.3. The van der Waals surface area contributed by atoms with E-state index in [4.69, 9.17) is 15.6 Å². The summed E-state index contributed by atoms with van der Waals surface area (Å²) in [6.07, 6.45) is 0.708. The summed E-state index contributed by atoms with van der Waals surface area (Å²) < 4.78 is 5.05. The molecule has 2 atom stereocenters. The predicted octanol–water partition coefficient (Wildman–Crippen LogP) is -0.423. The third-order valence-electron chi connectivity index (χ3n) is 1.65. The van der Waals surface area contributed by atoms with Crippen molar-refractivity contribution in [3.05, 3.63) is 0 Å². The van der Waals surface area contributed by atoms with Gasteiger partial charge in [-0.3, -0.25) is 0 Å². The first-order valence-corrected chi connectivity index (χ1v) is 3.32. The molecule has 58 valence electrons. The van der Waals surface area contributed by atoms with Crippen molar-refractivity contribution in [2.24, 2.45) is 5.73 Å². The second-order valence-corrected chi connectivity index (χ2v) is 2.40. The smallest absolute Gasteiger partial charge is 0.332 e. The summed E-state index contributed by atoms with van der Waals surface area (Å²) in [5.74, 6) is -0.879. The van der Waals surface area contributed by atoms with E-state index in [9.17, 15) is 4.79 Å². The molecule has 0 bridgehead atoms. The molecule has 0 amide bonds. The minimum atomic E-state index is -0.879. The highest BCUT2D eigenvalue weighted by atomic mass is 16.5. The molecular weight excluding hydrogens is 134 g/mol. The van der Waals surface area contributed by atoms with Gasteiger partial charge in [-0.15, -0.1) is 0 Å². The number of carboxylic acids is 1. The quantitative estimate of drug-likeness (QED) is 0.553. The number of hydrogen-bond donors (Lipinski definition) is 2. The van der Waals surface area contributed by atoms with Gasteiger partial charge in [-0.25, -0.2) is 4.79 Å². The number of rotatable bonds is 2. The molecule has 4 nitrogen and oxygen atoms in total. The molecule has 0 radical (unpaired) electrons. The van der Waals surface area contributed by atoms with Crippen LogP contribution in [0.4, 0.5) is 0 Å². The second-order valence-electron chi connectivity index (χ2n) is 2.40. The predicted molar refractivity (Wildman–Crippen MR) is 34.6 cm³/mol. The largest absolute Gasteiger partial charge is 0.479 e. The minimum absolute atomic E-state index is 0.0406. The van der Waals surface area contributed by atoms with E-state index in [2.05, 4.69) is 0 Å². The van der Waals surface area contributed by atoms with Crippen molar-refractivity contribution in [3.63, 3.8) is 0 Å². The van der Waals surface area contributed by atoms with Crippen molar-refractivity contribution in [2.45, 2.75) is 25.0 Å². The third-order valence-corrected chi connectivity index (χ3v) is 1.65. The van der Waals surface area contributed by atoms with Crippen LogP contribution in [0.25, 0.3) is 0 Å². The van der Waals surface area contributed by atoms with E-state index in [1.165, 1.54) is 0 Å². The highest BCUT2D eigenvalue weighted by Crippen LogP contribution is 2.18.